The van der Waals surface area contributed by atoms with Gasteiger partial charge >= 0.3 is 0 Å². The van der Waals surface area contributed by atoms with Gasteiger partial charge in [0.25, 0.3) is 11.8 Å². The van der Waals surface area contributed by atoms with Crippen LogP contribution in [0.4, 0.5) is 0 Å². The van der Waals surface area contributed by atoms with Crippen molar-refractivity contribution in [3.8, 4) is 0 Å². The molecular weight excluding hydrogens is 242 g/mol. The number of nitrogens with zero attached hydrogens (tertiary/aromatic N) is 2. The smallest absolute Gasteiger partial charge is 0.288 e. The van der Waals surface area contributed by atoms with E-state index in [1.54, 1.807) is 29.1 Å². The monoisotopic (exact) mass is 262 g/mol. The highest BCUT2D eigenvalue weighted by Gasteiger charge is 2.19. The Balaban J connectivity index is 2.01. The average Bonchev–Trinajstić information content (AvgIpc) is 2.68. The molecule has 0 radical (unpaired) electrons. The highest BCUT2D eigenvalue weighted by atomic mass is 16.2. The van der Waals surface area contributed by atoms with E-state index in [-0.39, 0.29) is 12.5 Å². The van der Waals surface area contributed by atoms with Crippen molar-refractivity contribution in [3.63, 3.8) is 0 Å². The number of primary amides is 1. The standard InChI is InChI=1S/C14H19N3O2/c15-14(19)12-6-5-7-16(10-12)11-13(18)17-8-3-1-2-4-9-17/h5-7,10H,1-4,8-9,11H2,(H-,15,19)/p+1. The van der Waals surface area contributed by atoms with Crippen LogP contribution in [0.25, 0.3) is 0 Å². The zero-order chi connectivity index (χ0) is 13.7. The summed E-state index contributed by atoms with van der Waals surface area (Å²) in [5, 5.41) is 0. The van der Waals surface area contributed by atoms with E-state index in [0.29, 0.717) is 5.56 Å². The van der Waals surface area contributed by atoms with Crippen LogP contribution in [0.15, 0.2) is 24.5 Å². The summed E-state index contributed by atoms with van der Waals surface area (Å²) in [5.41, 5.74) is 5.65. The maximum Gasteiger partial charge on any atom is 0.288 e. The summed E-state index contributed by atoms with van der Waals surface area (Å²) in [6.07, 6.45) is 7.97. The highest BCUT2D eigenvalue weighted by Crippen LogP contribution is 2.09. The van der Waals surface area contributed by atoms with Crippen molar-refractivity contribution < 1.29 is 14.2 Å². The van der Waals surface area contributed by atoms with Gasteiger partial charge in [-0.15, -0.1) is 0 Å². The lowest BCUT2D eigenvalue weighted by atomic mass is 10.2. The molecule has 1 saturated heterocycles. The summed E-state index contributed by atoms with van der Waals surface area (Å²) < 4.78 is 1.72. The van der Waals surface area contributed by atoms with Crippen LogP contribution in [0.2, 0.25) is 0 Å². The van der Waals surface area contributed by atoms with E-state index < -0.39 is 5.91 Å². The second kappa shape index (κ2) is 6.31. The second-order valence-electron chi connectivity index (χ2n) is 4.92. The Hall–Kier alpha value is -1.91. The van der Waals surface area contributed by atoms with Crippen LogP contribution < -0.4 is 10.3 Å². The first-order valence-electron chi connectivity index (χ1n) is 6.73. The molecule has 0 saturated carbocycles. The molecule has 0 atom stereocenters. The molecule has 0 bridgehead atoms. The lowest BCUT2D eigenvalue weighted by Gasteiger charge is -2.18. The Labute approximate surface area is 113 Å². The third-order valence-corrected chi connectivity index (χ3v) is 3.42. The van der Waals surface area contributed by atoms with Gasteiger partial charge in [-0.05, 0) is 18.9 Å². The number of pyridine rings is 1. The maximum absolute atomic E-state index is 12.2. The molecule has 0 unspecified atom stereocenters. The van der Waals surface area contributed by atoms with Crippen LogP contribution in [0.5, 0.6) is 0 Å². The molecule has 2 N–H and O–H groups in total. The summed E-state index contributed by atoms with van der Waals surface area (Å²) in [5.74, 6) is -0.370. The Morgan fingerprint density at radius 2 is 1.89 bits per heavy atom. The highest BCUT2D eigenvalue weighted by molar-refractivity contribution is 5.92. The molecule has 0 aliphatic carbocycles. The zero-order valence-electron chi connectivity index (χ0n) is 11.0. The Bertz CT molecular complexity index is 466. The molecule has 102 valence electrons. The first kappa shape index (κ1) is 13.5. The minimum Gasteiger partial charge on any atom is -0.365 e. The molecular formula is C14H20N3O2+. The van der Waals surface area contributed by atoms with Gasteiger partial charge in [-0.3, -0.25) is 9.59 Å². The number of likely N-dealkylation sites (tertiary alicyclic amines) is 1. The van der Waals surface area contributed by atoms with E-state index >= 15 is 0 Å². The summed E-state index contributed by atoms with van der Waals surface area (Å²) in [4.78, 5) is 25.2. The minimum absolute atomic E-state index is 0.105. The quantitative estimate of drug-likeness (QED) is 0.805. The largest absolute Gasteiger partial charge is 0.365 e. The number of carbonyl (C=O) groups is 2. The first-order chi connectivity index (χ1) is 9.16. The molecule has 1 fully saturated rings. The number of carbonyl (C=O) groups excluding carboxylic acids is 2. The second-order valence-corrected chi connectivity index (χ2v) is 4.92. The van der Waals surface area contributed by atoms with E-state index in [1.165, 1.54) is 12.8 Å². The van der Waals surface area contributed by atoms with E-state index in [9.17, 15) is 9.59 Å². The van der Waals surface area contributed by atoms with Crippen molar-refractivity contribution in [2.24, 2.45) is 5.73 Å². The van der Waals surface area contributed by atoms with E-state index in [4.69, 9.17) is 5.73 Å². The Morgan fingerprint density at radius 1 is 1.21 bits per heavy atom. The van der Waals surface area contributed by atoms with Crippen molar-refractivity contribution in [2.45, 2.75) is 32.2 Å². The number of hydrogen-bond acceptors (Lipinski definition) is 2. The predicted molar refractivity (Wildman–Crippen MR) is 70.2 cm³/mol. The van der Waals surface area contributed by atoms with Gasteiger partial charge in [-0.25, -0.2) is 0 Å². The van der Waals surface area contributed by atoms with Crippen molar-refractivity contribution in [2.75, 3.05) is 13.1 Å². The Morgan fingerprint density at radius 3 is 2.53 bits per heavy atom. The summed E-state index contributed by atoms with van der Waals surface area (Å²) in [7, 11) is 0. The van der Waals surface area contributed by atoms with E-state index in [1.807, 2.05) is 4.90 Å². The molecule has 1 aliphatic rings. The van der Waals surface area contributed by atoms with E-state index in [2.05, 4.69) is 0 Å². The fraction of sp³-hybridized carbons (Fsp3) is 0.500. The Kier molecular flexibility index (Phi) is 4.49. The average molecular weight is 262 g/mol. The van der Waals surface area contributed by atoms with Crippen LogP contribution in [0.3, 0.4) is 0 Å². The summed E-state index contributed by atoms with van der Waals surface area (Å²) in [6.45, 7) is 1.95. The third-order valence-electron chi connectivity index (χ3n) is 3.42. The van der Waals surface area contributed by atoms with Crippen molar-refractivity contribution in [1.29, 1.82) is 0 Å². The van der Waals surface area contributed by atoms with Crippen LogP contribution in [0.1, 0.15) is 36.0 Å². The molecule has 1 aromatic heterocycles. The van der Waals surface area contributed by atoms with Gasteiger partial charge in [0.15, 0.2) is 12.4 Å². The SMILES string of the molecule is NC(=O)c1ccc[n+](CC(=O)N2CCCCCC2)c1. The third kappa shape index (κ3) is 3.77. The number of rotatable bonds is 3. The number of nitrogens with two attached hydrogens (primary N) is 1. The topological polar surface area (TPSA) is 67.3 Å². The van der Waals surface area contributed by atoms with Crippen LogP contribution in [-0.4, -0.2) is 29.8 Å². The molecule has 1 aliphatic heterocycles. The predicted octanol–water partition coefficient (Wildman–Crippen LogP) is 0.476. The fourth-order valence-corrected chi connectivity index (χ4v) is 2.34. The molecule has 5 nitrogen and oxygen atoms in total. The lowest BCUT2D eigenvalue weighted by Crippen LogP contribution is -2.45. The van der Waals surface area contributed by atoms with Gasteiger partial charge in [0.05, 0.1) is 0 Å². The molecule has 2 rings (SSSR count). The van der Waals surface area contributed by atoms with Gasteiger partial charge in [-0.1, -0.05) is 12.8 Å². The molecule has 1 aromatic rings. The normalized spacial score (nSPS) is 15.9. The zero-order valence-corrected chi connectivity index (χ0v) is 11.0. The van der Waals surface area contributed by atoms with Crippen LogP contribution >= 0.6 is 0 Å². The van der Waals surface area contributed by atoms with Crippen LogP contribution in [-0.2, 0) is 11.3 Å². The van der Waals surface area contributed by atoms with Crippen LogP contribution in [0, 0.1) is 0 Å². The number of hydrogen-bond donors (Lipinski definition) is 1. The first-order valence-corrected chi connectivity index (χ1v) is 6.73. The molecule has 0 aromatic carbocycles. The molecule has 0 spiro atoms. The van der Waals surface area contributed by atoms with Crippen molar-refractivity contribution in [3.05, 3.63) is 30.1 Å². The number of amides is 2. The van der Waals surface area contributed by atoms with Gasteiger partial charge in [0.1, 0.15) is 5.56 Å². The molecule has 19 heavy (non-hydrogen) atoms. The van der Waals surface area contributed by atoms with Crippen molar-refractivity contribution >= 4 is 11.8 Å². The van der Waals surface area contributed by atoms with E-state index in [0.717, 1.165) is 25.9 Å². The maximum atomic E-state index is 12.2. The molecule has 2 heterocycles. The fourth-order valence-electron chi connectivity index (χ4n) is 2.34. The molecule has 5 heteroatoms. The van der Waals surface area contributed by atoms with Gasteiger partial charge in [0.2, 0.25) is 6.54 Å². The molecule has 2 amide bonds. The van der Waals surface area contributed by atoms with Gasteiger partial charge in [-0.2, -0.15) is 4.57 Å². The number of aromatic nitrogens is 1. The lowest BCUT2D eigenvalue weighted by molar-refractivity contribution is -0.685. The van der Waals surface area contributed by atoms with Gasteiger partial charge < -0.3 is 10.6 Å². The van der Waals surface area contributed by atoms with Crippen molar-refractivity contribution in [1.82, 2.24) is 4.90 Å². The van der Waals surface area contributed by atoms with Gasteiger partial charge in [0, 0.05) is 19.2 Å². The summed E-state index contributed by atoms with van der Waals surface area (Å²) in [6, 6.07) is 3.38. The summed E-state index contributed by atoms with van der Waals surface area (Å²) >= 11 is 0. The minimum atomic E-state index is -0.475.